The smallest absolute Gasteiger partial charge is 0.257 e. The molecular weight excluding hydrogens is 276 g/mol. The van der Waals surface area contributed by atoms with Crippen LogP contribution in [0.2, 0.25) is 0 Å². The Morgan fingerprint density at radius 2 is 2.05 bits per heavy atom. The molecule has 1 N–H and O–H groups in total. The summed E-state index contributed by atoms with van der Waals surface area (Å²) in [5, 5.41) is 2.87. The maximum atomic E-state index is 12.1. The molecule has 5 heteroatoms. The monoisotopic (exact) mass is 292 g/mol. The van der Waals surface area contributed by atoms with Crippen molar-refractivity contribution in [2.75, 3.05) is 12.4 Å². The second-order valence-corrected chi connectivity index (χ2v) is 4.35. The minimum atomic E-state index is -0.196. The van der Waals surface area contributed by atoms with Crippen molar-refractivity contribution in [2.45, 2.75) is 13.8 Å². The van der Waals surface area contributed by atoms with E-state index in [-0.39, 0.29) is 18.3 Å². The second-order valence-electron chi connectivity index (χ2n) is 4.35. The Balaban J connectivity index is 0.00000200. The molecule has 0 aliphatic rings. The van der Waals surface area contributed by atoms with Crippen LogP contribution in [-0.2, 0) is 0 Å². The lowest BCUT2D eigenvalue weighted by molar-refractivity contribution is 0.102. The van der Waals surface area contributed by atoms with Gasteiger partial charge in [-0.25, -0.2) is 0 Å². The van der Waals surface area contributed by atoms with Crippen LogP contribution in [0.5, 0.6) is 5.75 Å². The molecule has 0 bridgehead atoms. The zero-order valence-electron chi connectivity index (χ0n) is 11.6. The second kappa shape index (κ2) is 6.91. The van der Waals surface area contributed by atoms with Crippen LogP contribution < -0.4 is 10.1 Å². The first-order valence-electron chi connectivity index (χ1n) is 5.98. The standard InChI is InChI=1S/C15H16N2O2.ClH/c1-10-7-11(2)14(13(8-10)19-3)17-15(18)12-5-4-6-16-9-12;/h4-9H,1-3H3,(H,17,18);1H. The van der Waals surface area contributed by atoms with Gasteiger partial charge in [-0.3, -0.25) is 9.78 Å². The number of hydrogen-bond acceptors (Lipinski definition) is 3. The third-order valence-electron chi connectivity index (χ3n) is 2.83. The minimum absolute atomic E-state index is 0. The molecular formula is C15H17ClN2O2. The third-order valence-corrected chi connectivity index (χ3v) is 2.83. The van der Waals surface area contributed by atoms with Crippen LogP contribution in [0.1, 0.15) is 21.5 Å². The average molecular weight is 293 g/mol. The predicted molar refractivity (Wildman–Crippen MR) is 81.9 cm³/mol. The molecule has 0 spiro atoms. The van der Waals surface area contributed by atoms with E-state index in [2.05, 4.69) is 10.3 Å². The van der Waals surface area contributed by atoms with Crippen LogP contribution in [0, 0.1) is 13.8 Å². The van der Waals surface area contributed by atoms with Crippen LogP contribution >= 0.6 is 12.4 Å². The highest BCUT2D eigenvalue weighted by Gasteiger charge is 2.12. The van der Waals surface area contributed by atoms with E-state index in [9.17, 15) is 4.79 Å². The van der Waals surface area contributed by atoms with E-state index in [0.717, 1.165) is 11.1 Å². The Hall–Kier alpha value is -2.07. The molecule has 0 saturated carbocycles. The first-order valence-corrected chi connectivity index (χ1v) is 5.98. The highest BCUT2D eigenvalue weighted by atomic mass is 35.5. The van der Waals surface area contributed by atoms with E-state index in [0.29, 0.717) is 17.0 Å². The number of pyridine rings is 1. The number of aryl methyl sites for hydroxylation is 2. The Morgan fingerprint density at radius 1 is 1.30 bits per heavy atom. The lowest BCUT2D eigenvalue weighted by atomic mass is 10.1. The lowest BCUT2D eigenvalue weighted by Gasteiger charge is -2.14. The van der Waals surface area contributed by atoms with Crippen molar-refractivity contribution in [3.05, 3.63) is 53.3 Å². The predicted octanol–water partition coefficient (Wildman–Crippen LogP) is 3.38. The maximum absolute atomic E-state index is 12.1. The number of nitrogens with one attached hydrogen (secondary N) is 1. The Bertz CT molecular complexity index is 600. The van der Waals surface area contributed by atoms with Crippen LogP contribution in [0.15, 0.2) is 36.7 Å². The van der Waals surface area contributed by atoms with E-state index in [1.54, 1.807) is 25.4 Å². The summed E-state index contributed by atoms with van der Waals surface area (Å²) in [5.41, 5.74) is 3.27. The maximum Gasteiger partial charge on any atom is 0.257 e. The van der Waals surface area contributed by atoms with Crippen LogP contribution in [0.4, 0.5) is 5.69 Å². The minimum Gasteiger partial charge on any atom is -0.495 e. The van der Waals surface area contributed by atoms with Gasteiger partial charge < -0.3 is 10.1 Å². The number of halogens is 1. The molecule has 1 aromatic heterocycles. The summed E-state index contributed by atoms with van der Waals surface area (Å²) in [6.07, 6.45) is 3.17. The van der Waals surface area contributed by atoms with Gasteiger partial charge in [0.25, 0.3) is 5.91 Å². The molecule has 106 valence electrons. The number of rotatable bonds is 3. The number of nitrogens with zero attached hydrogens (tertiary/aromatic N) is 1. The summed E-state index contributed by atoms with van der Waals surface area (Å²) >= 11 is 0. The van der Waals surface area contributed by atoms with Crippen molar-refractivity contribution in [1.29, 1.82) is 0 Å². The number of hydrogen-bond donors (Lipinski definition) is 1. The molecule has 20 heavy (non-hydrogen) atoms. The largest absolute Gasteiger partial charge is 0.495 e. The lowest BCUT2D eigenvalue weighted by Crippen LogP contribution is -2.14. The number of anilines is 1. The summed E-state index contributed by atoms with van der Waals surface area (Å²) in [6, 6.07) is 7.35. The molecule has 2 rings (SSSR count). The number of amides is 1. The van der Waals surface area contributed by atoms with Gasteiger partial charge in [0.2, 0.25) is 0 Å². The third kappa shape index (κ3) is 3.48. The molecule has 0 atom stereocenters. The average Bonchev–Trinajstić information content (AvgIpc) is 2.42. The van der Waals surface area contributed by atoms with Crippen molar-refractivity contribution in [3.63, 3.8) is 0 Å². The topological polar surface area (TPSA) is 51.2 Å². The van der Waals surface area contributed by atoms with Gasteiger partial charge in [0, 0.05) is 12.4 Å². The number of aromatic nitrogens is 1. The van der Waals surface area contributed by atoms with Crippen molar-refractivity contribution >= 4 is 24.0 Å². The molecule has 1 amide bonds. The fraction of sp³-hybridized carbons (Fsp3) is 0.200. The molecule has 4 nitrogen and oxygen atoms in total. The van der Waals surface area contributed by atoms with E-state index in [1.165, 1.54) is 6.20 Å². The van der Waals surface area contributed by atoms with Gasteiger partial charge >= 0.3 is 0 Å². The number of methoxy groups -OCH3 is 1. The van der Waals surface area contributed by atoms with Gasteiger partial charge in [0.05, 0.1) is 18.4 Å². The Labute approximate surface area is 124 Å². The molecule has 0 aliphatic carbocycles. The van der Waals surface area contributed by atoms with Gasteiger partial charge in [-0.05, 0) is 43.2 Å². The van der Waals surface area contributed by atoms with Gasteiger partial charge in [0.1, 0.15) is 5.75 Å². The number of carbonyl (C=O) groups is 1. The summed E-state index contributed by atoms with van der Waals surface area (Å²) in [4.78, 5) is 16.0. The van der Waals surface area contributed by atoms with Gasteiger partial charge in [0.15, 0.2) is 0 Å². The highest BCUT2D eigenvalue weighted by molar-refractivity contribution is 6.05. The molecule has 0 aliphatic heterocycles. The molecule has 2 aromatic rings. The van der Waals surface area contributed by atoms with Crippen molar-refractivity contribution < 1.29 is 9.53 Å². The molecule has 1 aromatic carbocycles. The van der Waals surface area contributed by atoms with Gasteiger partial charge in [-0.2, -0.15) is 0 Å². The normalized spacial score (nSPS) is 9.55. The fourth-order valence-electron chi connectivity index (χ4n) is 1.93. The highest BCUT2D eigenvalue weighted by Crippen LogP contribution is 2.30. The van der Waals surface area contributed by atoms with E-state index in [4.69, 9.17) is 4.74 Å². The molecule has 1 heterocycles. The van der Waals surface area contributed by atoms with Crippen molar-refractivity contribution in [3.8, 4) is 5.75 Å². The number of ether oxygens (including phenoxy) is 1. The molecule has 0 saturated heterocycles. The Morgan fingerprint density at radius 3 is 2.65 bits per heavy atom. The van der Waals surface area contributed by atoms with E-state index >= 15 is 0 Å². The van der Waals surface area contributed by atoms with Gasteiger partial charge in [-0.1, -0.05) is 6.07 Å². The quantitative estimate of drug-likeness (QED) is 0.943. The van der Waals surface area contributed by atoms with Gasteiger partial charge in [-0.15, -0.1) is 12.4 Å². The summed E-state index contributed by atoms with van der Waals surface area (Å²) in [6.45, 7) is 3.93. The van der Waals surface area contributed by atoms with Crippen LogP contribution in [-0.4, -0.2) is 18.0 Å². The number of benzene rings is 1. The van der Waals surface area contributed by atoms with Crippen molar-refractivity contribution in [1.82, 2.24) is 4.98 Å². The summed E-state index contributed by atoms with van der Waals surface area (Å²) < 4.78 is 5.31. The first-order chi connectivity index (χ1) is 9.11. The summed E-state index contributed by atoms with van der Waals surface area (Å²) in [7, 11) is 1.59. The first kappa shape index (κ1) is 16.0. The molecule has 0 fully saturated rings. The Kier molecular flexibility index (Phi) is 5.53. The fourth-order valence-corrected chi connectivity index (χ4v) is 1.93. The van der Waals surface area contributed by atoms with Crippen LogP contribution in [0.25, 0.3) is 0 Å². The SMILES string of the molecule is COc1cc(C)cc(C)c1NC(=O)c1cccnc1.Cl. The molecule has 0 unspecified atom stereocenters. The zero-order chi connectivity index (χ0) is 13.8. The van der Waals surface area contributed by atoms with E-state index < -0.39 is 0 Å². The van der Waals surface area contributed by atoms with Crippen LogP contribution in [0.3, 0.4) is 0 Å². The van der Waals surface area contributed by atoms with E-state index in [1.807, 2.05) is 26.0 Å². The zero-order valence-corrected chi connectivity index (χ0v) is 12.5. The van der Waals surface area contributed by atoms with Crippen molar-refractivity contribution in [2.24, 2.45) is 0 Å². The molecule has 0 radical (unpaired) electrons. The summed E-state index contributed by atoms with van der Waals surface area (Å²) in [5.74, 6) is 0.466. The number of carbonyl (C=O) groups excluding carboxylic acids is 1.